The third kappa shape index (κ3) is 2.65. The summed E-state index contributed by atoms with van der Waals surface area (Å²) in [5.41, 5.74) is 0. The number of rotatable bonds is 3. The van der Waals surface area contributed by atoms with E-state index in [0.717, 1.165) is 17.3 Å². The zero-order valence-corrected chi connectivity index (χ0v) is 13.4. The van der Waals surface area contributed by atoms with Gasteiger partial charge in [0.15, 0.2) is 0 Å². The quantitative estimate of drug-likeness (QED) is 0.872. The summed E-state index contributed by atoms with van der Waals surface area (Å²) in [5.74, 6) is 0.903. The molecule has 0 aromatic carbocycles. The molecule has 2 aromatic heterocycles. The van der Waals surface area contributed by atoms with Gasteiger partial charge in [-0.05, 0) is 43.0 Å². The van der Waals surface area contributed by atoms with Crippen LogP contribution in [-0.4, -0.2) is 27.3 Å². The summed E-state index contributed by atoms with van der Waals surface area (Å²) in [6, 6.07) is 4.49. The second kappa shape index (κ2) is 6.01. The third-order valence-corrected chi connectivity index (χ3v) is 5.87. The fraction of sp³-hybridized carbons (Fsp3) is 0.625. The van der Waals surface area contributed by atoms with Gasteiger partial charge in [-0.1, -0.05) is 18.9 Å². The molecule has 0 amide bonds. The average molecular weight is 319 g/mol. The van der Waals surface area contributed by atoms with Gasteiger partial charge < -0.3 is 4.42 Å². The van der Waals surface area contributed by atoms with Crippen LogP contribution in [-0.2, 0) is 6.67 Å². The molecule has 1 aliphatic heterocycles. The van der Waals surface area contributed by atoms with Gasteiger partial charge in [0.1, 0.15) is 6.67 Å². The Kier molecular flexibility index (Phi) is 3.88. The monoisotopic (exact) mass is 319 g/mol. The van der Waals surface area contributed by atoms with Crippen molar-refractivity contribution in [3.05, 3.63) is 28.1 Å². The molecular formula is C16H21N3O2S. The Balaban J connectivity index is 1.54. The topological polar surface area (TPSA) is 51.3 Å². The molecule has 2 aliphatic rings. The Hall–Kier alpha value is -1.40. The summed E-state index contributed by atoms with van der Waals surface area (Å²) >= 11 is 1.54. The fourth-order valence-electron chi connectivity index (χ4n) is 3.97. The van der Waals surface area contributed by atoms with E-state index in [0.29, 0.717) is 18.6 Å². The molecule has 2 aromatic rings. The van der Waals surface area contributed by atoms with Crippen molar-refractivity contribution in [3.8, 4) is 10.8 Å². The van der Waals surface area contributed by atoms with Gasteiger partial charge in [0.25, 0.3) is 5.89 Å². The van der Waals surface area contributed by atoms with E-state index in [2.05, 4.69) is 10.00 Å². The number of piperidine rings is 1. The number of nitrogens with zero attached hydrogens (tertiary/aromatic N) is 3. The van der Waals surface area contributed by atoms with Gasteiger partial charge in [0.2, 0.25) is 0 Å². The van der Waals surface area contributed by atoms with E-state index in [-0.39, 0.29) is 5.76 Å². The molecule has 22 heavy (non-hydrogen) atoms. The fourth-order valence-corrected chi connectivity index (χ4v) is 4.62. The van der Waals surface area contributed by atoms with E-state index in [1.54, 1.807) is 11.3 Å². The minimum absolute atomic E-state index is 0.346. The maximum absolute atomic E-state index is 12.1. The first-order valence-corrected chi connectivity index (χ1v) is 9.05. The van der Waals surface area contributed by atoms with Crippen molar-refractivity contribution < 1.29 is 4.42 Å². The number of likely N-dealkylation sites (tertiary alicyclic amines) is 1. The highest BCUT2D eigenvalue weighted by atomic mass is 32.1. The Morgan fingerprint density at radius 3 is 3.00 bits per heavy atom. The van der Waals surface area contributed by atoms with Gasteiger partial charge in [0.05, 0.1) is 4.88 Å². The first-order valence-electron chi connectivity index (χ1n) is 8.17. The molecule has 4 rings (SSSR count). The molecule has 6 heteroatoms. The van der Waals surface area contributed by atoms with E-state index < -0.39 is 0 Å². The summed E-state index contributed by atoms with van der Waals surface area (Å²) in [4.78, 5) is 15.4. The largest absolute Gasteiger partial charge is 0.438 e. The van der Waals surface area contributed by atoms with Crippen LogP contribution in [0.3, 0.4) is 0 Å². The van der Waals surface area contributed by atoms with Crippen molar-refractivity contribution in [2.45, 2.75) is 51.2 Å². The van der Waals surface area contributed by atoms with Crippen LogP contribution in [0.4, 0.5) is 0 Å². The van der Waals surface area contributed by atoms with Gasteiger partial charge in [-0.15, -0.1) is 16.4 Å². The van der Waals surface area contributed by atoms with Crippen LogP contribution in [0.2, 0.25) is 0 Å². The van der Waals surface area contributed by atoms with Gasteiger partial charge in [-0.2, -0.15) is 4.68 Å². The lowest BCUT2D eigenvalue weighted by molar-refractivity contribution is 0.0311. The van der Waals surface area contributed by atoms with Crippen LogP contribution in [0.25, 0.3) is 10.8 Å². The molecule has 0 bridgehead atoms. The molecule has 0 radical (unpaired) electrons. The molecule has 0 spiro atoms. The van der Waals surface area contributed by atoms with Crippen LogP contribution >= 0.6 is 11.3 Å². The predicted octanol–water partition coefficient (Wildman–Crippen LogP) is 3.18. The van der Waals surface area contributed by atoms with E-state index in [9.17, 15) is 4.79 Å². The molecule has 0 unspecified atom stereocenters. The van der Waals surface area contributed by atoms with Crippen molar-refractivity contribution in [3.63, 3.8) is 0 Å². The number of thiophene rings is 1. The highest BCUT2D eigenvalue weighted by Gasteiger charge is 2.33. The molecule has 1 saturated heterocycles. The summed E-state index contributed by atoms with van der Waals surface area (Å²) < 4.78 is 6.81. The lowest BCUT2D eigenvalue weighted by atomic mass is 9.78. The molecule has 2 atom stereocenters. The Morgan fingerprint density at radius 1 is 1.27 bits per heavy atom. The Labute approximate surface area is 133 Å². The van der Waals surface area contributed by atoms with E-state index in [4.69, 9.17) is 4.42 Å². The van der Waals surface area contributed by atoms with E-state index in [1.165, 1.54) is 43.2 Å². The van der Waals surface area contributed by atoms with Crippen molar-refractivity contribution >= 4 is 11.3 Å². The second-order valence-electron chi connectivity index (χ2n) is 6.36. The van der Waals surface area contributed by atoms with E-state index in [1.807, 2.05) is 17.5 Å². The van der Waals surface area contributed by atoms with Crippen LogP contribution in [0.5, 0.6) is 0 Å². The van der Waals surface area contributed by atoms with Crippen LogP contribution in [0.1, 0.15) is 38.5 Å². The second-order valence-corrected chi connectivity index (χ2v) is 7.31. The first-order chi connectivity index (χ1) is 10.8. The number of fused-ring (bicyclic) bond motifs is 1. The Bertz CT molecular complexity index is 674. The molecule has 1 aliphatic carbocycles. The van der Waals surface area contributed by atoms with Gasteiger partial charge in [-0.25, -0.2) is 4.79 Å². The first kappa shape index (κ1) is 14.2. The maximum Gasteiger partial charge on any atom is 0.438 e. The Morgan fingerprint density at radius 2 is 2.14 bits per heavy atom. The van der Waals surface area contributed by atoms with Crippen LogP contribution in [0.15, 0.2) is 26.7 Å². The SMILES string of the molecule is O=c1oc(-c2cccs2)nn1CN1CCC[C@H]2CCCC[C@@H]21. The van der Waals surface area contributed by atoms with Gasteiger partial charge in [0, 0.05) is 12.6 Å². The number of hydrogen-bond acceptors (Lipinski definition) is 5. The van der Waals surface area contributed by atoms with Crippen molar-refractivity contribution in [1.29, 1.82) is 0 Å². The van der Waals surface area contributed by atoms with Crippen molar-refractivity contribution in [1.82, 2.24) is 14.7 Å². The number of aromatic nitrogens is 2. The summed E-state index contributed by atoms with van der Waals surface area (Å²) in [6.07, 6.45) is 7.85. The zero-order valence-electron chi connectivity index (χ0n) is 12.6. The lowest BCUT2D eigenvalue weighted by Crippen LogP contribution is -2.48. The maximum atomic E-state index is 12.1. The summed E-state index contributed by atoms with van der Waals surface area (Å²) in [6.45, 7) is 1.63. The molecular weight excluding hydrogens is 298 g/mol. The normalized spacial score (nSPS) is 26.0. The minimum atomic E-state index is -0.346. The summed E-state index contributed by atoms with van der Waals surface area (Å²) in [5, 5.41) is 6.35. The molecule has 3 heterocycles. The third-order valence-electron chi connectivity index (χ3n) is 5.01. The molecule has 5 nitrogen and oxygen atoms in total. The zero-order chi connectivity index (χ0) is 14.9. The van der Waals surface area contributed by atoms with Crippen molar-refractivity contribution in [2.24, 2.45) is 5.92 Å². The highest BCUT2D eigenvalue weighted by molar-refractivity contribution is 7.13. The smallest absolute Gasteiger partial charge is 0.387 e. The summed E-state index contributed by atoms with van der Waals surface area (Å²) in [7, 11) is 0. The van der Waals surface area contributed by atoms with Gasteiger partial charge in [-0.3, -0.25) is 4.90 Å². The lowest BCUT2D eigenvalue weighted by Gasteiger charge is -2.43. The molecule has 118 valence electrons. The van der Waals surface area contributed by atoms with Crippen molar-refractivity contribution in [2.75, 3.05) is 6.54 Å². The minimum Gasteiger partial charge on any atom is -0.387 e. The van der Waals surface area contributed by atoms with Crippen LogP contribution < -0.4 is 5.76 Å². The molecule has 2 fully saturated rings. The predicted molar refractivity (Wildman–Crippen MR) is 85.8 cm³/mol. The molecule has 0 N–H and O–H groups in total. The number of hydrogen-bond donors (Lipinski definition) is 0. The average Bonchev–Trinajstić information content (AvgIpc) is 3.18. The molecule has 1 saturated carbocycles. The van der Waals surface area contributed by atoms with Gasteiger partial charge >= 0.3 is 5.76 Å². The van der Waals surface area contributed by atoms with Crippen LogP contribution in [0, 0.1) is 5.92 Å². The standard InChI is InChI=1S/C16H21N3O2S/c20-16-19(17-15(21-16)14-8-4-10-22-14)11-18-9-3-6-12-5-1-2-7-13(12)18/h4,8,10,12-13H,1-3,5-7,9,11H2/t12-,13+/m1/s1. The highest BCUT2D eigenvalue weighted by Crippen LogP contribution is 2.35. The van der Waals surface area contributed by atoms with E-state index >= 15 is 0 Å².